The third-order valence-corrected chi connectivity index (χ3v) is 8.06. The maximum Gasteiger partial charge on any atom is 0.303 e. The Bertz CT molecular complexity index is 1170. The van der Waals surface area contributed by atoms with Crippen molar-refractivity contribution in [2.24, 2.45) is 5.92 Å². The summed E-state index contributed by atoms with van der Waals surface area (Å²) in [6.07, 6.45) is 9.74. The first kappa shape index (κ1) is 34.6. The SMILES string of the molecule is C=CC1=C(/C=C\C)CC(CC(C)(C)NCC(O)CN(C)Sc2cccc(-c3ccc(CCC(=O)O)cc3)c2)C1.CC. The van der Waals surface area contributed by atoms with Crippen LogP contribution in [0.2, 0.25) is 0 Å². The molecule has 0 bridgehead atoms. The van der Waals surface area contributed by atoms with E-state index in [0.717, 1.165) is 40.8 Å². The number of aryl methyl sites for hydroxylation is 1. The molecule has 3 rings (SSSR count). The maximum atomic E-state index is 10.8. The minimum Gasteiger partial charge on any atom is -0.481 e. The van der Waals surface area contributed by atoms with Crippen LogP contribution in [0.15, 0.2) is 89.4 Å². The first-order valence-corrected chi connectivity index (χ1v) is 15.6. The molecular formula is C35H50N2O3S. The summed E-state index contributed by atoms with van der Waals surface area (Å²) in [4.78, 5) is 11.9. The fourth-order valence-electron chi connectivity index (χ4n) is 5.31. The summed E-state index contributed by atoms with van der Waals surface area (Å²) in [5, 5.41) is 23.3. The van der Waals surface area contributed by atoms with Crippen LogP contribution in [-0.2, 0) is 11.2 Å². The molecule has 0 aliphatic heterocycles. The van der Waals surface area contributed by atoms with Crippen molar-refractivity contribution < 1.29 is 15.0 Å². The number of carboxylic acid groups (broad SMARTS) is 1. The van der Waals surface area contributed by atoms with Gasteiger partial charge in [0.25, 0.3) is 0 Å². The van der Waals surface area contributed by atoms with E-state index < -0.39 is 12.1 Å². The number of β-amino-alcohol motifs (C(OH)–C–C–N with tert-alkyl or cyclic N) is 1. The number of allylic oxidation sites excluding steroid dienone is 5. The van der Waals surface area contributed by atoms with Crippen molar-refractivity contribution in [1.29, 1.82) is 0 Å². The zero-order valence-corrected chi connectivity index (χ0v) is 26.6. The van der Waals surface area contributed by atoms with Crippen molar-refractivity contribution >= 4 is 17.9 Å². The number of aliphatic hydroxyl groups is 1. The summed E-state index contributed by atoms with van der Waals surface area (Å²) < 4.78 is 2.08. The number of hydrogen-bond acceptors (Lipinski definition) is 5. The van der Waals surface area contributed by atoms with E-state index in [1.807, 2.05) is 57.3 Å². The largest absolute Gasteiger partial charge is 0.481 e. The van der Waals surface area contributed by atoms with E-state index >= 15 is 0 Å². The highest BCUT2D eigenvalue weighted by Crippen LogP contribution is 2.37. The van der Waals surface area contributed by atoms with Crippen LogP contribution in [0.4, 0.5) is 0 Å². The van der Waals surface area contributed by atoms with Crippen LogP contribution in [-0.4, -0.2) is 52.3 Å². The lowest BCUT2D eigenvalue weighted by Gasteiger charge is -2.31. The Balaban J connectivity index is 0.00000287. The van der Waals surface area contributed by atoms with Gasteiger partial charge in [-0.05, 0) is 111 Å². The van der Waals surface area contributed by atoms with Crippen LogP contribution in [0.1, 0.15) is 65.9 Å². The highest BCUT2D eigenvalue weighted by molar-refractivity contribution is 7.97. The first-order chi connectivity index (χ1) is 19.6. The smallest absolute Gasteiger partial charge is 0.303 e. The van der Waals surface area contributed by atoms with Crippen molar-refractivity contribution in [3.63, 3.8) is 0 Å². The highest BCUT2D eigenvalue weighted by atomic mass is 32.2. The molecule has 0 aromatic heterocycles. The maximum absolute atomic E-state index is 10.8. The lowest BCUT2D eigenvalue weighted by molar-refractivity contribution is -0.136. The van der Waals surface area contributed by atoms with Crippen molar-refractivity contribution in [3.8, 4) is 11.1 Å². The summed E-state index contributed by atoms with van der Waals surface area (Å²) in [6, 6.07) is 16.4. The number of rotatable bonds is 15. The van der Waals surface area contributed by atoms with Crippen LogP contribution < -0.4 is 5.32 Å². The number of hydrogen-bond donors (Lipinski definition) is 3. The summed E-state index contributed by atoms with van der Waals surface area (Å²) in [5.74, 6) is -0.185. The number of benzene rings is 2. The monoisotopic (exact) mass is 578 g/mol. The standard InChI is InChI=1S/C33H44N2O3S.C2H6/c1-6-9-28-19-25(18-26(28)7-2)21-33(3,4)34-22-30(36)23-35(5)39-31-11-8-10-29(20-31)27-15-12-24(13-16-27)14-17-32(37)38;1-2/h6-13,15-16,20,25,30,34,36H,2,14,17-19,21-23H2,1,3-5H3,(H,37,38);1-2H3/b9-6-;. The zero-order chi connectivity index (χ0) is 30.4. The molecule has 0 amide bonds. The number of carboxylic acids is 1. The normalized spacial score (nSPS) is 16.1. The Morgan fingerprint density at radius 3 is 2.46 bits per heavy atom. The molecule has 5 nitrogen and oxygen atoms in total. The number of nitrogens with one attached hydrogen (secondary N) is 1. The van der Waals surface area contributed by atoms with Crippen molar-refractivity contribution in [2.75, 3.05) is 20.1 Å². The van der Waals surface area contributed by atoms with Crippen LogP contribution >= 0.6 is 11.9 Å². The Kier molecular flexibility index (Phi) is 14.6. The van der Waals surface area contributed by atoms with E-state index in [9.17, 15) is 9.90 Å². The zero-order valence-electron chi connectivity index (χ0n) is 25.8. The molecule has 2 aromatic carbocycles. The van der Waals surface area contributed by atoms with E-state index in [-0.39, 0.29) is 12.0 Å². The Hall–Kier alpha value is -2.64. The molecule has 0 radical (unpaired) electrons. The molecule has 3 N–H and O–H groups in total. The number of likely N-dealkylation sites (N-methyl/N-ethyl adjacent to an activating group) is 1. The lowest BCUT2D eigenvalue weighted by atomic mass is 9.88. The highest BCUT2D eigenvalue weighted by Gasteiger charge is 2.28. The summed E-state index contributed by atoms with van der Waals surface area (Å²) in [5.41, 5.74) is 5.94. The number of nitrogens with zero attached hydrogens (tertiary/aromatic N) is 1. The molecule has 1 aliphatic rings. The van der Waals surface area contributed by atoms with E-state index in [1.165, 1.54) is 11.1 Å². The average Bonchev–Trinajstić information content (AvgIpc) is 3.33. The molecule has 1 aliphatic carbocycles. The van der Waals surface area contributed by atoms with Crippen molar-refractivity contribution in [3.05, 3.63) is 90.0 Å². The predicted molar refractivity (Wildman–Crippen MR) is 175 cm³/mol. The second kappa shape index (κ2) is 17.3. The Labute approximate surface area is 252 Å². The fourth-order valence-corrected chi connectivity index (χ4v) is 6.23. The molecule has 0 fully saturated rings. The van der Waals surface area contributed by atoms with Crippen molar-refractivity contribution in [2.45, 2.75) is 83.3 Å². The Morgan fingerprint density at radius 1 is 1.15 bits per heavy atom. The molecule has 2 atom stereocenters. The number of aliphatic carboxylic acids is 1. The van der Waals surface area contributed by atoms with Gasteiger partial charge in [-0.2, -0.15) is 0 Å². The van der Waals surface area contributed by atoms with Gasteiger partial charge in [0, 0.05) is 29.9 Å². The van der Waals surface area contributed by atoms with Gasteiger partial charge in [-0.25, -0.2) is 4.31 Å². The van der Waals surface area contributed by atoms with Gasteiger partial charge in [0.15, 0.2) is 0 Å². The Morgan fingerprint density at radius 2 is 1.83 bits per heavy atom. The van der Waals surface area contributed by atoms with Gasteiger partial charge in [-0.15, -0.1) is 0 Å². The van der Waals surface area contributed by atoms with Crippen molar-refractivity contribution in [1.82, 2.24) is 9.62 Å². The lowest BCUT2D eigenvalue weighted by Crippen LogP contribution is -2.46. The van der Waals surface area contributed by atoms with Crippen LogP contribution in [0.5, 0.6) is 0 Å². The van der Waals surface area contributed by atoms with Gasteiger partial charge >= 0.3 is 5.97 Å². The van der Waals surface area contributed by atoms with Gasteiger partial charge in [-0.3, -0.25) is 4.79 Å². The third kappa shape index (κ3) is 12.0. The van der Waals surface area contributed by atoms with Gasteiger partial charge in [-0.1, -0.05) is 75.1 Å². The first-order valence-electron chi connectivity index (χ1n) is 14.8. The number of aliphatic hydroxyl groups excluding tert-OH is 1. The molecule has 6 heteroatoms. The summed E-state index contributed by atoms with van der Waals surface area (Å²) in [6.45, 7) is 15.6. The summed E-state index contributed by atoms with van der Waals surface area (Å²) >= 11 is 1.62. The molecule has 224 valence electrons. The number of carbonyl (C=O) groups is 1. The quantitative estimate of drug-likeness (QED) is 0.186. The third-order valence-electron chi connectivity index (χ3n) is 7.14. The average molecular weight is 579 g/mol. The van der Waals surface area contributed by atoms with E-state index in [1.54, 1.807) is 11.9 Å². The summed E-state index contributed by atoms with van der Waals surface area (Å²) in [7, 11) is 2.01. The second-order valence-electron chi connectivity index (χ2n) is 11.2. The molecule has 41 heavy (non-hydrogen) atoms. The van der Waals surface area contributed by atoms with E-state index in [2.05, 4.69) is 67.3 Å². The van der Waals surface area contributed by atoms with Crippen LogP contribution in [0, 0.1) is 5.92 Å². The van der Waals surface area contributed by atoms with Gasteiger partial charge in [0.05, 0.1) is 6.10 Å². The predicted octanol–water partition coefficient (Wildman–Crippen LogP) is 7.92. The van der Waals surface area contributed by atoms with Gasteiger partial charge < -0.3 is 15.5 Å². The molecular weight excluding hydrogens is 528 g/mol. The van der Waals surface area contributed by atoms with Gasteiger partial charge in [0.1, 0.15) is 0 Å². The fraction of sp³-hybridized carbons (Fsp3) is 0.457. The van der Waals surface area contributed by atoms with Gasteiger partial charge in [0.2, 0.25) is 0 Å². The topological polar surface area (TPSA) is 72.8 Å². The molecule has 0 saturated heterocycles. The van der Waals surface area contributed by atoms with Crippen LogP contribution in [0.25, 0.3) is 11.1 Å². The van der Waals surface area contributed by atoms with E-state index in [4.69, 9.17) is 5.11 Å². The molecule has 2 unspecified atom stereocenters. The minimum absolute atomic E-state index is 0.0630. The molecule has 0 saturated carbocycles. The second-order valence-corrected chi connectivity index (χ2v) is 12.4. The van der Waals surface area contributed by atoms with E-state index in [0.29, 0.717) is 25.4 Å². The molecule has 0 heterocycles. The van der Waals surface area contributed by atoms with Crippen LogP contribution in [0.3, 0.4) is 0 Å². The molecule has 2 aromatic rings. The minimum atomic E-state index is -0.778. The molecule has 0 spiro atoms.